The summed E-state index contributed by atoms with van der Waals surface area (Å²) in [7, 11) is -3.92. The molecule has 0 aromatic heterocycles. The third kappa shape index (κ3) is 3.65. The molecule has 0 spiro atoms. The van der Waals surface area contributed by atoms with Crippen molar-refractivity contribution in [1.29, 1.82) is 0 Å². The highest BCUT2D eigenvalue weighted by Gasteiger charge is 2.21. The van der Waals surface area contributed by atoms with Gasteiger partial charge in [-0.15, -0.1) is 0 Å². The van der Waals surface area contributed by atoms with E-state index in [2.05, 4.69) is 4.72 Å². The summed E-state index contributed by atoms with van der Waals surface area (Å²) < 4.78 is 39.3. The molecular formula is C10H15FN2O3S. The van der Waals surface area contributed by atoms with Crippen molar-refractivity contribution in [3.05, 3.63) is 24.0 Å². The molecule has 0 amide bonds. The molecule has 96 valence electrons. The average molecular weight is 262 g/mol. The van der Waals surface area contributed by atoms with Crippen LogP contribution in [0.3, 0.4) is 0 Å². The number of rotatable bonds is 5. The maximum absolute atomic E-state index is 13.4. The number of nitrogens with one attached hydrogen (secondary N) is 1. The quantitative estimate of drug-likeness (QED) is 0.672. The fourth-order valence-electron chi connectivity index (χ4n) is 1.32. The van der Waals surface area contributed by atoms with Crippen LogP contribution in [0.25, 0.3) is 0 Å². The van der Waals surface area contributed by atoms with Gasteiger partial charge in [-0.05, 0) is 31.5 Å². The normalized spacial score (nSPS) is 13.6. The van der Waals surface area contributed by atoms with Gasteiger partial charge in [0.2, 0.25) is 10.0 Å². The first-order valence-corrected chi connectivity index (χ1v) is 6.53. The zero-order valence-electron chi connectivity index (χ0n) is 9.35. The van der Waals surface area contributed by atoms with E-state index in [1.54, 1.807) is 6.92 Å². The second-order valence-electron chi connectivity index (χ2n) is 3.72. The Morgan fingerprint density at radius 3 is 2.71 bits per heavy atom. The Morgan fingerprint density at radius 1 is 1.53 bits per heavy atom. The number of halogens is 1. The van der Waals surface area contributed by atoms with Gasteiger partial charge in [-0.2, -0.15) is 0 Å². The molecule has 1 unspecified atom stereocenters. The smallest absolute Gasteiger partial charge is 0.243 e. The van der Waals surface area contributed by atoms with Crippen LogP contribution in [0.1, 0.15) is 13.3 Å². The number of hydrogen-bond donors (Lipinski definition) is 3. The van der Waals surface area contributed by atoms with Crippen molar-refractivity contribution in [1.82, 2.24) is 4.72 Å². The lowest BCUT2D eigenvalue weighted by molar-refractivity contribution is 0.275. The van der Waals surface area contributed by atoms with E-state index in [0.717, 1.165) is 12.1 Å². The number of sulfonamides is 1. The summed E-state index contributed by atoms with van der Waals surface area (Å²) in [5.41, 5.74) is 5.49. The standard InChI is InChI=1S/C10H15FN2O3S/c1-7(4-5-14)13-17(15,16)10-3-2-8(12)6-9(10)11/h2-3,6-7,13-14H,4-5,12H2,1H3. The lowest BCUT2D eigenvalue weighted by Crippen LogP contribution is -2.33. The summed E-state index contributed by atoms with van der Waals surface area (Å²) in [4.78, 5) is -0.448. The van der Waals surface area contributed by atoms with Crippen LogP contribution in [-0.4, -0.2) is 26.2 Å². The van der Waals surface area contributed by atoms with E-state index in [-0.39, 0.29) is 18.7 Å². The van der Waals surface area contributed by atoms with E-state index < -0.39 is 26.8 Å². The van der Waals surface area contributed by atoms with Crippen molar-refractivity contribution in [2.75, 3.05) is 12.3 Å². The largest absolute Gasteiger partial charge is 0.399 e. The number of aliphatic hydroxyl groups is 1. The molecule has 0 fully saturated rings. The number of nitrogens with two attached hydrogens (primary N) is 1. The summed E-state index contributed by atoms with van der Waals surface area (Å²) in [6.07, 6.45) is 0.260. The molecule has 1 aromatic carbocycles. The number of benzene rings is 1. The highest BCUT2D eigenvalue weighted by Crippen LogP contribution is 2.17. The zero-order valence-corrected chi connectivity index (χ0v) is 10.2. The van der Waals surface area contributed by atoms with Crippen molar-refractivity contribution in [3.8, 4) is 0 Å². The van der Waals surface area contributed by atoms with Crippen LogP contribution < -0.4 is 10.5 Å². The number of anilines is 1. The molecule has 0 heterocycles. The minimum absolute atomic E-state index is 0.145. The van der Waals surface area contributed by atoms with Gasteiger partial charge in [0, 0.05) is 18.3 Å². The number of nitrogen functional groups attached to an aromatic ring is 1. The molecule has 0 radical (unpaired) electrons. The highest BCUT2D eigenvalue weighted by molar-refractivity contribution is 7.89. The Bertz CT molecular complexity index is 490. The SMILES string of the molecule is CC(CCO)NS(=O)(=O)c1ccc(N)cc1F. The third-order valence-corrected chi connectivity index (χ3v) is 3.79. The van der Waals surface area contributed by atoms with Crippen LogP contribution in [0.2, 0.25) is 0 Å². The molecule has 0 bridgehead atoms. The molecule has 1 atom stereocenters. The van der Waals surface area contributed by atoms with Crippen molar-refractivity contribution in [2.45, 2.75) is 24.3 Å². The monoisotopic (exact) mass is 262 g/mol. The molecular weight excluding hydrogens is 247 g/mol. The van der Waals surface area contributed by atoms with Crippen LogP contribution in [0.4, 0.5) is 10.1 Å². The summed E-state index contributed by atoms with van der Waals surface area (Å²) in [6, 6.07) is 2.90. The minimum Gasteiger partial charge on any atom is -0.399 e. The van der Waals surface area contributed by atoms with Gasteiger partial charge in [-0.3, -0.25) is 0 Å². The number of hydrogen-bond acceptors (Lipinski definition) is 4. The van der Waals surface area contributed by atoms with E-state index in [4.69, 9.17) is 10.8 Å². The van der Waals surface area contributed by atoms with Crippen LogP contribution in [0.5, 0.6) is 0 Å². The van der Waals surface area contributed by atoms with Crippen LogP contribution in [0, 0.1) is 5.82 Å². The average Bonchev–Trinajstić information content (AvgIpc) is 2.15. The summed E-state index contributed by atoms with van der Waals surface area (Å²) in [6.45, 7) is 1.44. The second-order valence-corrected chi connectivity index (χ2v) is 5.41. The van der Waals surface area contributed by atoms with Gasteiger partial charge in [0.15, 0.2) is 0 Å². The predicted molar refractivity (Wildman–Crippen MR) is 62.3 cm³/mol. The molecule has 0 aliphatic heterocycles. The van der Waals surface area contributed by atoms with E-state index in [9.17, 15) is 12.8 Å². The van der Waals surface area contributed by atoms with Gasteiger partial charge in [0.25, 0.3) is 0 Å². The third-order valence-electron chi connectivity index (χ3n) is 2.16. The van der Waals surface area contributed by atoms with Crippen molar-refractivity contribution in [2.24, 2.45) is 0 Å². The van der Waals surface area contributed by atoms with Gasteiger partial charge < -0.3 is 10.8 Å². The molecule has 1 aromatic rings. The number of aliphatic hydroxyl groups excluding tert-OH is 1. The molecule has 7 heteroatoms. The minimum atomic E-state index is -3.92. The van der Waals surface area contributed by atoms with E-state index in [1.807, 2.05) is 0 Å². The fourth-order valence-corrected chi connectivity index (χ4v) is 2.65. The van der Waals surface area contributed by atoms with E-state index in [1.165, 1.54) is 6.07 Å². The first-order chi connectivity index (χ1) is 7.86. The Kier molecular flexibility index (Phi) is 4.44. The summed E-state index contributed by atoms with van der Waals surface area (Å²) in [5, 5.41) is 8.67. The van der Waals surface area contributed by atoms with Crippen LogP contribution in [-0.2, 0) is 10.0 Å². The Hall–Kier alpha value is -1.18. The molecule has 17 heavy (non-hydrogen) atoms. The van der Waals surface area contributed by atoms with Gasteiger partial charge in [0.05, 0.1) is 0 Å². The molecule has 1 rings (SSSR count). The Labute approximate surface area is 99.5 Å². The van der Waals surface area contributed by atoms with Gasteiger partial charge in [0.1, 0.15) is 10.7 Å². The Morgan fingerprint density at radius 2 is 2.18 bits per heavy atom. The molecule has 0 aliphatic carbocycles. The van der Waals surface area contributed by atoms with Crippen molar-refractivity contribution < 1.29 is 17.9 Å². The van der Waals surface area contributed by atoms with Gasteiger partial charge >= 0.3 is 0 Å². The maximum Gasteiger partial charge on any atom is 0.243 e. The summed E-state index contributed by atoms with van der Waals surface area (Å²) >= 11 is 0. The molecule has 5 nitrogen and oxygen atoms in total. The predicted octanol–water partition coefficient (Wildman–Crippen LogP) is 0.457. The van der Waals surface area contributed by atoms with E-state index >= 15 is 0 Å². The van der Waals surface area contributed by atoms with Gasteiger partial charge in [-0.1, -0.05) is 0 Å². The lowest BCUT2D eigenvalue weighted by atomic mass is 10.3. The van der Waals surface area contributed by atoms with E-state index in [0.29, 0.717) is 0 Å². The molecule has 0 saturated carbocycles. The Balaban J connectivity index is 2.97. The van der Waals surface area contributed by atoms with Crippen molar-refractivity contribution in [3.63, 3.8) is 0 Å². The highest BCUT2D eigenvalue weighted by atomic mass is 32.2. The first kappa shape index (κ1) is 13.9. The fraction of sp³-hybridized carbons (Fsp3) is 0.400. The maximum atomic E-state index is 13.4. The second kappa shape index (κ2) is 5.44. The van der Waals surface area contributed by atoms with Crippen LogP contribution in [0.15, 0.2) is 23.1 Å². The van der Waals surface area contributed by atoms with Crippen LogP contribution >= 0.6 is 0 Å². The summed E-state index contributed by atoms with van der Waals surface area (Å²) in [5.74, 6) is -0.895. The molecule has 4 N–H and O–H groups in total. The van der Waals surface area contributed by atoms with Gasteiger partial charge in [-0.25, -0.2) is 17.5 Å². The van der Waals surface area contributed by atoms with Crippen molar-refractivity contribution >= 4 is 15.7 Å². The molecule has 0 aliphatic rings. The lowest BCUT2D eigenvalue weighted by Gasteiger charge is -2.13. The first-order valence-electron chi connectivity index (χ1n) is 5.05. The molecule has 0 saturated heterocycles. The topological polar surface area (TPSA) is 92.4 Å². The zero-order chi connectivity index (χ0) is 13.1.